The summed E-state index contributed by atoms with van der Waals surface area (Å²) in [6.45, 7) is 3.91. The minimum Gasteiger partial charge on any atom is -0.370 e. The van der Waals surface area contributed by atoms with Crippen molar-refractivity contribution < 1.29 is 8.42 Å². The number of hydrogen-bond acceptors (Lipinski definition) is 4. The lowest BCUT2D eigenvalue weighted by Gasteiger charge is -2.34. The fourth-order valence-electron chi connectivity index (χ4n) is 3.62. The largest absolute Gasteiger partial charge is 0.370 e. The van der Waals surface area contributed by atoms with Crippen LogP contribution in [0.25, 0.3) is 10.9 Å². The first-order chi connectivity index (χ1) is 13.0. The molecule has 0 radical (unpaired) electrons. The van der Waals surface area contributed by atoms with Gasteiger partial charge in [-0.3, -0.25) is 4.98 Å². The van der Waals surface area contributed by atoms with Gasteiger partial charge in [0, 0.05) is 29.7 Å². The van der Waals surface area contributed by atoms with Gasteiger partial charge in [-0.1, -0.05) is 36.7 Å². The summed E-state index contributed by atoms with van der Waals surface area (Å²) in [6, 6.07) is 14.0. The average molecular weight is 401 g/mol. The smallest absolute Gasteiger partial charge is 0.210 e. The van der Waals surface area contributed by atoms with Gasteiger partial charge in [-0.05, 0) is 49.1 Å². The molecule has 27 heavy (non-hydrogen) atoms. The van der Waals surface area contributed by atoms with Gasteiger partial charge in [0.1, 0.15) is 4.90 Å². The van der Waals surface area contributed by atoms with Crippen molar-refractivity contribution in [1.29, 1.82) is 0 Å². The summed E-state index contributed by atoms with van der Waals surface area (Å²) in [5.74, 6) is 0.651. The Hall–Kier alpha value is -2.11. The van der Waals surface area contributed by atoms with Crippen LogP contribution in [-0.2, 0) is 9.84 Å². The highest BCUT2D eigenvalue weighted by atomic mass is 35.5. The standard InChI is InChI=1S/C21H21ClN2O2S/c1-15-9-11-24(12-10-15)21-18-8-7-16(22)13-19(18)23-14-20(21)27(25,26)17-5-3-2-4-6-17/h2-8,13-15H,9-12H2,1H3. The zero-order valence-electron chi connectivity index (χ0n) is 15.1. The maximum absolute atomic E-state index is 13.4. The minimum absolute atomic E-state index is 0.262. The van der Waals surface area contributed by atoms with Crippen molar-refractivity contribution in [2.75, 3.05) is 18.0 Å². The molecule has 2 aromatic carbocycles. The molecule has 0 atom stereocenters. The Morgan fingerprint density at radius 3 is 2.48 bits per heavy atom. The molecule has 0 N–H and O–H groups in total. The van der Waals surface area contributed by atoms with Crippen molar-refractivity contribution >= 4 is 38.0 Å². The first-order valence-corrected chi connectivity index (χ1v) is 11.0. The van der Waals surface area contributed by atoms with E-state index in [1.165, 1.54) is 6.20 Å². The summed E-state index contributed by atoms with van der Waals surface area (Å²) in [5.41, 5.74) is 1.45. The van der Waals surface area contributed by atoms with Crippen molar-refractivity contribution in [3.8, 4) is 0 Å². The third-order valence-electron chi connectivity index (χ3n) is 5.21. The summed E-state index contributed by atoms with van der Waals surface area (Å²) in [5, 5.41) is 1.41. The monoisotopic (exact) mass is 400 g/mol. The molecule has 0 spiro atoms. The molecule has 1 aliphatic rings. The average Bonchev–Trinajstić information content (AvgIpc) is 2.68. The normalized spacial score (nSPS) is 16.0. The number of sulfone groups is 1. The summed E-state index contributed by atoms with van der Waals surface area (Å²) >= 11 is 6.13. The number of benzene rings is 2. The molecule has 0 amide bonds. The number of pyridine rings is 1. The van der Waals surface area contributed by atoms with E-state index < -0.39 is 9.84 Å². The van der Waals surface area contributed by atoms with E-state index in [2.05, 4.69) is 16.8 Å². The lowest BCUT2D eigenvalue weighted by molar-refractivity contribution is 0.437. The molecule has 1 aromatic heterocycles. The Morgan fingerprint density at radius 2 is 1.78 bits per heavy atom. The van der Waals surface area contributed by atoms with Gasteiger partial charge >= 0.3 is 0 Å². The van der Waals surface area contributed by atoms with Crippen LogP contribution in [0, 0.1) is 5.92 Å². The van der Waals surface area contributed by atoms with Gasteiger partial charge in [-0.25, -0.2) is 8.42 Å². The van der Waals surface area contributed by atoms with Gasteiger partial charge < -0.3 is 4.90 Å². The van der Waals surface area contributed by atoms with Crippen molar-refractivity contribution in [2.45, 2.75) is 29.6 Å². The van der Waals surface area contributed by atoms with Crippen molar-refractivity contribution in [3.63, 3.8) is 0 Å². The quantitative estimate of drug-likeness (QED) is 0.623. The van der Waals surface area contributed by atoms with E-state index in [9.17, 15) is 8.42 Å². The zero-order chi connectivity index (χ0) is 19.0. The number of fused-ring (bicyclic) bond motifs is 1. The Balaban J connectivity index is 1.95. The van der Waals surface area contributed by atoms with Crippen LogP contribution in [0.4, 0.5) is 5.69 Å². The molecular formula is C21H21ClN2O2S. The number of hydrogen-bond donors (Lipinski definition) is 0. The third kappa shape index (κ3) is 3.42. The fraction of sp³-hybridized carbons (Fsp3) is 0.286. The number of halogens is 1. The first-order valence-electron chi connectivity index (χ1n) is 9.10. The van der Waals surface area contributed by atoms with Gasteiger partial charge in [-0.15, -0.1) is 0 Å². The number of piperidine rings is 1. The molecule has 3 aromatic rings. The molecule has 1 fully saturated rings. The van der Waals surface area contributed by atoms with Crippen LogP contribution >= 0.6 is 11.6 Å². The summed E-state index contributed by atoms with van der Waals surface area (Å²) < 4.78 is 26.8. The second kappa shape index (κ2) is 7.13. The van der Waals surface area contributed by atoms with Crippen molar-refractivity contribution in [3.05, 3.63) is 59.8 Å². The number of nitrogens with zero attached hydrogens (tertiary/aromatic N) is 2. The molecule has 6 heteroatoms. The van der Waals surface area contributed by atoms with Gasteiger partial charge in [0.05, 0.1) is 16.1 Å². The predicted octanol–water partition coefficient (Wildman–Crippen LogP) is 4.96. The Labute approximate surface area is 164 Å². The molecule has 1 saturated heterocycles. The molecule has 4 rings (SSSR count). The highest BCUT2D eigenvalue weighted by Crippen LogP contribution is 2.38. The number of anilines is 1. The highest BCUT2D eigenvalue weighted by molar-refractivity contribution is 7.91. The molecule has 0 bridgehead atoms. The lowest BCUT2D eigenvalue weighted by Crippen LogP contribution is -2.34. The molecule has 2 heterocycles. The minimum atomic E-state index is -3.67. The van der Waals surface area contributed by atoms with Crippen LogP contribution in [0.15, 0.2) is 64.5 Å². The lowest BCUT2D eigenvalue weighted by atomic mass is 9.98. The van der Waals surface area contributed by atoms with E-state index in [0.29, 0.717) is 16.5 Å². The fourth-order valence-corrected chi connectivity index (χ4v) is 5.24. The van der Waals surface area contributed by atoms with Gasteiger partial charge in [0.25, 0.3) is 0 Å². The molecular weight excluding hydrogens is 380 g/mol. The maximum Gasteiger partial charge on any atom is 0.210 e. The van der Waals surface area contributed by atoms with E-state index in [0.717, 1.165) is 37.0 Å². The van der Waals surface area contributed by atoms with E-state index >= 15 is 0 Å². The molecule has 0 saturated carbocycles. The summed E-state index contributed by atoms with van der Waals surface area (Å²) in [7, 11) is -3.67. The van der Waals surface area contributed by atoms with Crippen LogP contribution < -0.4 is 4.90 Å². The second-order valence-electron chi connectivity index (χ2n) is 7.12. The Bertz CT molecular complexity index is 1080. The van der Waals surface area contributed by atoms with Crippen LogP contribution in [-0.4, -0.2) is 26.5 Å². The predicted molar refractivity (Wildman–Crippen MR) is 109 cm³/mol. The maximum atomic E-state index is 13.4. The van der Waals surface area contributed by atoms with E-state index in [1.807, 2.05) is 12.1 Å². The van der Waals surface area contributed by atoms with E-state index in [4.69, 9.17) is 11.6 Å². The summed E-state index contributed by atoms with van der Waals surface area (Å²) in [4.78, 5) is 7.15. The Kier molecular flexibility index (Phi) is 4.82. The topological polar surface area (TPSA) is 50.3 Å². The molecule has 4 nitrogen and oxygen atoms in total. The van der Waals surface area contributed by atoms with Gasteiger partial charge in [0.2, 0.25) is 9.84 Å². The SMILES string of the molecule is CC1CCN(c2c(S(=O)(=O)c3ccccc3)cnc3cc(Cl)ccc23)CC1. The van der Waals surface area contributed by atoms with E-state index in [1.54, 1.807) is 36.4 Å². The number of rotatable bonds is 3. The van der Waals surface area contributed by atoms with Crippen LogP contribution in [0.3, 0.4) is 0 Å². The van der Waals surface area contributed by atoms with E-state index in [-0.39, 0.29) is 9.79 Å². The molecule has 0 unspecified atom stereocenters. The second-order valence-corrected chi connectivity index (χ2v) is 9.47. The van der Waals surface area contributed by atoms with Crippen LogP contribution in [0.5, 0.6) is 0 Å². The molecule has 0 aliphatic carbocycles. The third-order valence-corrected chi connectivity index (χ3v) is 7.22. The van der Waals surface area contributed by atoms with Crippen LogP contribution in [0.1, 0.15) is 19.8 Å². The first kappa shape index (κ1) is 18.3. The van der Waals surface area contributed by atoms with Crippen LogP contribution in [0.2, 0.25) is 5.02 Å². The van der Waals surface area contributed by atoms with Gasteiger partial charge in [0.15, 0.2) is 0 Å². The summed E-state index contributed by atoms with van der Waals surface area (Å²) in [6.07, 6.45) is 3.57. The van der Waals surface area contributed by atoms with Crippen molar-refractivity contribution in [1.82, 2.24) is 4.98 Å². The highest BCUT2D eigenvalue weighted by Gasteiger charge is 2.28. The van der Waals surface area contributed by atoms with Crippen molar-refractivity contribution in [2.24, 2.45) is 5.92 Å². The Morgan fingerprint density at radius 1 is 1.07 bits per heavy atom. The number of aromatic nitrogens is 1. The van der Waals surface area contributed by atoms with Gasteiger partial charge in [-0.2, -0.15) is 0 Å². The molecule has 140 valence electrons. The molecule has 1 aliphatic heterocycles. The zero-order valence-corrected chi connectivity index (χ0v) is 16.7.